The number of nitrogens with one attached hydrogen (secondary N) is 2. The number of fused-ring (bicyclic) bond motifs is 2. The third-order valence-electron chi connectivity index (χ3n) is 6.24. The Kier molecular flexibility index (Phi) is 3.65. The van der Waals surface area contributed by atoms with Gasteiger partial charge in [0.1, 0.15) is 5.82 Å². The van der Waals surface area contributed by atoms with Gasteiger partial charge in [-0.15, -0.1) is 0 Å². The third-order valence-corrected chi connectivity index (χ3v) is 6.24. The number of aliphatic hydroxyl groups is 1. The summed E-state index contributed by atoms with van der Waals surface area (Å²) in [5.41, 5.74) is 0.707. The number of aliphatic hydroxyl groups excluding tert-OH is 1. The molecule has 0 radical (unpaired) electrons. The van der Waals surface area contributed by atoms with E-state index in [2.05, 4.69) is 30.4 Å². The van der Waals surface area contributed by atoms with Gasteiger partial charge in [-0.25, -0.2) is 13.8 Å². The van der Waals surface area contributed by atoms with Crippen LogP contribution in [0.25, 0.3) is 0 Å². The van der Waals surface area contributed by atoms with Gasteiger partial charge in [-0.1, -0.05) is 0 Å². The van der Waals surface area contributed by atoms with Gasteiger partial charge in [-0.3, -0.25) is 5.10 Å². The number of hydrogen-bond acceptors (Lipinski definition) is 6. The average molecular weight is 376 g/mol. The van der Waals surface area contributed by atoms with E-state index in [4.69, 9.17) is 0 Å². The summed E-state index contributed by atoms with van der Waals surface area (Å²) in [6.45, 7) is 0.980. The van der Waals surface area contributed by atoms with Crippen molar-refractivity contribution in [3.05, 3.63) is 24.0 Å². The molecule has 2 aromatic rings. The number of nitrogens with zero attached hydrogens (tertiary/aromatic N) is 4. The summed E-state index contributed by atoms with van der Waals surface area (Å²) < 4.78 is 26.1. The number of aromatic nitrogens is 4. The Hall–Kier alpha value is -2.29. The van der Waals surface area contributed by atoms with Crippen molar-refractivity contribution in [2.75, 3.05) is 23.4 Å². The number of anilines is 3. The summed E-state index contributed by atoms with van der Waals surface area (Å²) in [5, 5.41) is 19.9. The van der Waals surface area contributed by atoms with Crippen molar-refractivity contribution in [3.63, 3.8) is 0 Å². The molecule has 7 nitrogen and oxygen atoms in total. The van der Waals surface area contributed by atoms with Gasteiger partial charge >= 0.3 is 0 Å². The first kappa shape index (κ1) is 16.9. The highest BCUT2D eigenvalue weighted by molar-refractivity contribution is 5.54. The van der Waals surface area contributed by atoms with Gasteiger partial charge in [0.2, 0.25) is 11.9 Å². The van der Waals surface area contributed by atoms with Crippen LogP contribution < -0.4 is 10.2 Å². The predicted octanol–water partition coefficient (Wildman–Crippen LogP) is 2.81. The van der Waals surface area contributed by atoms with E-state index in [1.54, 1.807) is 18.3 Å². The van der Waals surface area contributed by atoms with Gasteiger partial charge in [-0.05, 0) is 25.3 Å². The van der Waals surface area contributed by atoms with Crippen LogP contribution in [0.1, 0.15) is 43.7 Å². The van der Waals surface area contributed by atoms with E-state index in [1.807, 2.05) is 0 Å². The van der Waals surface area contributed by atoms with Crippen LogP contribution in [0.4, 0.5) is 26.4 Å². The number of H-pyrrole nitrogens is 1. The van der Waals surface area contributed by atoms with Crippen LogP contribution in [-0.2, 0) is 0 Å². The fourth-order valence-corrected chi connectivity index (χ4v) is 4.68. The second-order valence-corrected chi connectivity index (χ2v) is 8.22. The van der Waals surface area contributed by atoms with E-state index in [1.165, 1.54) is 0 Å². The van der Waals surface area contributed by atoms with Crippen LogP contribution in [0, 0.1) is 5.41 Å². The lowest BCUT2D eigenvalue weighted by molar-refractivity contribution is -0.0876. The number of alkyl halides is 2. The third kappa shape index (κ3) is 2.93. The van der Waals surface area contributed by atoms with E-state index in [0.717, 1.165) is 31.5 Å². The molecule has 27 heavy (non-hydrogen) atoms. The minimum absolute atomic E-state index is 0.0145. The van der Waals surface area contributed by atoms with Gasteiger partial charge in [-0.2, -0.15) is 10.1 Å². The minimum Gasteiger partial charge on any atom is -0.396 e. The first-order chi connectivity index (χ1) is 13.0. The van der Waals surface area contributed by atoms with Gasteiger partial charge in [0.05, 0.1) is 6.61 Å². The van der Waals surface area contributed by atoms with Crippen LogP contribution in [0.3, 0.4) is 0 Å². The van der Waals surface area contributed by atoms with Crippen molar-refractivity contribution in [2.24, 2.45) is 5.41 Å². The van der Waals surface area contributed by atoms with Crippen molar-refractivity contribution in [2.45, 2.75) is 50.0 Å². The first-order valence-corrected chi connectivity index (χ1v) is 9.36. The first-order valence-electron chi connectivity index (χ1n) is 9.36. The van der Waals surface area contributed by atoms with E-state index in [0.29, 0.717) is 23.6 Å². The Labute approximate surface area is 155 Å². The Balaban J connectivity index is 1.29. The highest BCUT2D eigenvalue weighted by atomic mass is 19.3. The number of rotatable bonds is 5. The zero-order chi connectivity index (χ0) is 18.6. The maximum Gasteiger partial charge on any atom is 0.249 e. The zero-order valence-electron chi connectivity index (χ0n) is 14.8. The van der Waals surface area contributed by atoms with Crippen LogP contribution in [0.2, 0.25) is 0 Å². The summed E-state index contributed by atoms with van der Waals surface area (Å²) in [5.74, 6) is -0.905. The van der Waals surface area contributed by atoms with Crippen molar-refractivity contribution >= 4 is 17.6 Å². The second kappa shape index (κ2) is 5.85. The lowest BCUT2D eigenvalue weighted by Crippen LogP contribution is -2.37. The summed E-state index contributed by atoms with van der Waals surface area (Å²) in [4.78, 5) is 11.2. The number of halogens is 2. The van der Waals surface area contributed by atoms with Gasteiger partial charge < -0.3 is 15.3 Å². The van der Waals surface area contributed by atoms with Gasteiger partial charge in [0.15, 0.2) is 5.82 Å². The van der Waals surface area contributed by atoms with Crippen molar-refractivity contribution in [1.82, 2.24) is 20.2 Å². The molecule has 0 aromatic carbocycles. The molecule has 0 spiro atoms. The molecule has 1 saturated heterocycles. The van der Waals surface area contributed by atoms with Crippen LogP contribution in [0.15, 0.2) is 18.3 Å². The molecule has 2 saturated carbocycles. The number of hydrogen-bond donors (Lipinski definition) is 3. The van der Waals surface area contributed by atoms with Crippen molar-refractivity contribution < 1.29 is 13.9 Å². The Morgan fingerprint density at radius 2 is 2.15 bits per heavy atom. The number of piperidine rings is 1. The molecule has 2 unspecified atom stereocenters. The van der Waals surface area contributed by atoms with Gasteiger partial charge in [0, 0.05) is 54.7 Å². The summed E-state index contributed by atoms with van der Waals surface area (Å²) in [7, 11) is 0. The minimum atomic E-state index is -2.55. The molecule has 0 amide bonds. The fourth-order valence-electron chi connectivity index (χ4n) is 4.68. The molecular formula is C18H22F2N6O. The maximum absolute atomic E-state index is 13.0. The summed E-state index contributed by atoms with van der Waals surface area (Å²) in [6.07, 6.45) is 4.53. The Bertz CT molecular complexity index is 850. The largest absolute Gasteiger partial charge is 0.396 e. The highest BCUT2D eigenvalue weighted by Gasteiger charge is 2.50. The average Bonchev–Trinajstić information content (AvgIpc) is 3.35. The van der Waals surface area contributed by atoms with Crippen molar-refractivity contribution in [1.29, 1.82) is 0 Å². The molecule has 5 rings (SSSR count). The van der Waals surface area contributed by atoms with Crippen LogP contribution in [-0.4, -0.2) is 50.4 Å². The molecule has 2 aliphatic carbocycles. The molecule has 144 valence electrons. The summed E-state index contributed by atoms with van der Waals surface area (Å²) in [6, 6.07) is 3.90. The molecule has 2 bridgehead atoms. The van der Waals surface area contributed by atoms with E-state index >= 15 is 0 Å². The standard InChI is InChI=1S/C18H22F2N6O/c19-18(20)6-11(7-18)13-5-15(25-24-13)22-14-2-4-21-16(23-14)26-9-17(10-27)3-1-12(26)8-17/h2,4-5,11-12,27H,1,3,6-10H2,(H2,21,22,23,24,25). The number of aromatic amines is 1. The highest BCUT2D eigenvalue weighted by Crippen LogP contribution is 2.49. The van der Waals surface area contributed by atoms with Crippen LogP contribution in [0.5, 0.6) is 0 Å². The molecule has 2 atom stereocenters. The summed E-state index contributed by atoms with van der Waals surface area (Å²) >= 11 is 0. The van der Waals surface area contributed by atoms with Gasteiger partial charge in [0.25, 0.3) is 0 Å². The van der Waals surface area contributed by atoms with E-state index in [9.17, 15) is 13.9 Å². The second-order valence-electron chi connectivity index (χ2n) is 8.22. The van der Waals surface area contributed by atoms with E-state index < -0.39 is 5.92 Å². The topological polar surface area (TPSA) is 90.0 Å². The molecular weight excluding hydrogens is 354 g/mol. The fraction of sp³-hybridized carbons (Fsp3) is 0.611. The SMILES string of the molecule is OCC12CCC(C1)N(c1nccc(Nc3cc(C4CC(F)(F)C4)[nH]n3)n1)C2. The smallest absolute Gasteiger partial charge is 0.249 e. The van der Waals surface area contributed by atoms with Crippen molar-refractivity contribution in [3.8, 4) is 0 Å². The molecule has 1 aliphatic heterocycles. The quantitative estimate of drug-likeness (QED) is 0.744. The van der Waals surface area contributed by atoms with E-state index in [-0.39, 0.29) is 30.8 Å². The molecule has 9 heteroatoms. The van der Waals surface area contributed by atoms with Crippen LogP contribution >= 0.6 is 0 Å². The normalized spacial score (nSPS) is 29.1. The Morgan fingerprint density at radius 3 is 2.89 bits per heavy atom. The lowest BCUT2D eigenvalue weighted by atomic mass is 9.79. The molecule has 3 N–H and O–H groups in total. The molecule has 3 aliphatic rings. The lowest BCUT2D eigenvalue weighted by Gasteiger charge is -2.33. The predicted molar refractivity (Wildman–Crippen MR) is 95.3 cm³/mol. The molecule has 3 fully saturated rings. The molecule has 3 heterocycles. The zero-order valence-corrected chi connectivity index (χ0v) is 14.8. The monoisotopic (exact) mass is 376 g/mol. The maximum atomic E-state index is 13.0. The molecule has 2 aromatic heterocycles. The Morgan fingerprint density at radius 1 is 1.30 bits per heavy atom.